The number of hydrogen-bond acceptors (Lipinski definition) is 14. The minimum absolute atomic E-state index is 0.0468. The normalized spacial score (nSPS) is 23.6. The van der Waals surface area contributed by atoms with E-state index in [0.717, 1.165) is 6.42 Å². The number of aliphatic hydroxyl groups excluding tert-OH is 1. The third kappa shape index (κ3) is 23.8. The van der Waals surface area contributed by atoms with Crippen LogP contribution in [0.25, 0.3) is 0 Å². The van der Waals surface area contributed by atoms with Crippen molar-refractivity contribution in [2.75, 3.05) is 32.7 Å². The number of amides is 9. The van der Waals surface area contributed by atoms with E-state index in [2.05, 4.69) is 47.9 Å². The highest BCUT2D eigenvalue weighted by Gasteiger charge is 2.35. The third-order valence-corrected chi connectivity index (χ3v) is 12.4. The number of benzene rings is 1. The first-order valence-corrected chi connectivity index (χ1v) is 25.9. The van der Waals surface area contributed by atoms with Gasteiger partial charge >= 0.3 is 0 Å². The molecule has 18 N–H and O–H groups in total. The fraction of sp³-hybridized carbons (Fsp3) is 0.700. The van der Waals surface area contributed by atoms with Crippen LogP contribution in [-0.4, -0.2) is 145 Å². The lowest BCUT2D eigenvalue weighted by Crippen LogP contribution is -2.61. The summed E-state index contributed by atoms with van der Waals surface area (Å²) in [6.07, 6.45) is 0.352. The minimum atomic E-state index is -1.47. The zero-order valence-electron chi connectivity index (χ0n) is 43.8. The predicted molar refractivity (Wildman–Crippen MR) is 276 cm³/mol. The van der Waals surface area contributed by atoms with Gasteiger partial charge in [-0.2, -0.15) is 0 Å². The fourth-order valence-electron chi connectivity index (χ4n) is 8.10. The number of nitrogens with one attached hydrogen (secondary N) is 9. The van der Waals surface area contributed by atoms with E-state index in [0.29, 0.717) is 24.3 Å². The Hall–Kier alpha value is -5.75. The van der Waals surface area contributed by atoms with Crippen LogP contribution in [0.3, 0.4) is 0 Å². The monoisotopic (exact) mass is 1030 g/mol. The van der Waals surface area contributed by atoms with Gasteiger partial charge in [0.05, 0.1) is 12.5 Å². The molecule has 2 rings (SSSR count). The van der Waals surface area contributed by atoms with Crippen molar-refractivity contribution in [3.63, 3.8) is 0 Å². The van der Waals surface area contributed by atoms with Crippen LogP contribution >= 0.6 is 0 Å². The number of carbonyl (C=O) groups excluding carboxylic acids is 9. The molecule has 1 aromatic carbocycles. The van der Waals surface area contributed by atoms with E-state index >= 15 is 0 Å². The summed E-state index contributed by atoms with van der Waals surface area (Å²) < 4.78 is 0. The molecular formula is C50H87N13O10. The molecule has 0 aromatic heterocycles. The summed E-state index contributed by atoms with van der Waals surface area (Å²) in [7, 11) is 0. The van der Waals surface area contributed by atoms with Gasteiger partial charge < -0.3 is 75.9 Å². The first kappa shape index (κ1) is 63.4. The Morgan fingerprint density at radius 3 is 1.53 bits per heavy atom. The first-order valence-electron chi connectivity index (χ1n) is 25.9. The Morgan fingerprint density at radius 1 is 0.603 bits per heavy atom. The van der Waals surface area contributed by atoms with E-state index in [9.17, 15) is 48.3 Å². The maximum absolute atomic E-state index is 14.4. The lowest BCUT2D eigenvalue weighted by molar-refractivity contribution is -0.136. The smallest absolute Gasteiger partial charge is 0.243 e. The second-order valence-corrected chi connectivity index (χ2v) is 19.8. The summed E-state index contributed by atoms with van der Waals surface area (Å²) in [6.45, 7) is 10.9. The molecule has 0 spiro atoms. The average Bonchev–Trinajstić information content (AvgIpc) is 3.33. The molecule has 0 bridgehead atoms. The van der Waals surface area contributed by atoms with Gasteiger partial charge in [-0.25, -0.2) is 0 Å². The Balaban J connectivity index is 2.71. The quantitative estimate of drug-likeness (QED) is 0.0548. The summed E-state index contributed by atoms with van der Waals surface area (Å²) in [4.78, 5) is 126. The first-order chi connectivity index (χ1) is 34.7. The van der Waals surface area contributed by atoms with Gasteiger partial charge in [-0.05, 0) is 107 Å². The molecule has 1 aromatic rings. The minimum Gasteiger partial charge on any atom is -0.393 e. The largest absolute Gasteiger partial charge is 0.393 e. The molecule has 0 saturated carbocycles. The molecular weight excluding hydrogens is 943 g/mol. The number of hydrogen-bond donors (Lipinski definition) is 14. The van der Waals surface area contributed by atoms with Crippen LogP contribution in [0, 0.1) is 17.8 Å². The SMILES string of the molecule is CC[C@H](C)CC[C@@H](O)CC(=O)N[C@H](CCN)C(=O)N[C@H]1CCNC(=O)[C@H](CC(C)C)NC(=O)[C@H](CCN)NC(=O)[C@H](CCN)NC(=O)[C@H](CC(C)C)NC(=O)[C@@H](Cc2ccccc2)NC(=O)[C@H](CCN)NC1=O. The van der Waals surface area contributed by atoms with Crippen LogP contribution in [0.4, 0.5) is 0 Å². The van der Waals surface area contributed by atoms with Crippen molar-refractivity contribution in [1.82, 2.24) is 47.9 Å². The van der Waals surface area contributed by atoms with Crippen LogP contribution < -0.4 is 70.8 Å². The van der Waals surface area contributed by atoms with Crippen molar-refractivity contribution < 1.29 is 48.3 Å². The second kappa shape index (κ2) is 33.9. The number of carbonyl (C=O) groups is 9. The van der Waals surface area contributed by atoms with E-state index < -0.39 is 108 Å². The lowest BCUT2D eigenvalue weighted by atomic mass is 9.99. The maximum atomic E-state index is 14.4. The Labute approximate surface area is 430 Å². The van der Waals surface area contributed by atoms with Crippen molar-refractivity contribution in [2.45, 2.75) is 173 Å². The molecule has 1 saturated heterocycles. The van der Waals surface area contributed by atoms with Crippen molar-refractivity contribution in [2.24, 2.45) is 40.7 Å². The van der Waals surface area contributed by atoms with Gasteiger partial charge in [0, 0.05) is 13.0 Å². The number of rotatable bonds is 23. The number of nitrogens with two attached hydrogens (primary N) is 4. The molecule has 1 aliphatic heterocycles. The molecule has 1 heterocycles. The van der Waals surface area contributed by atoms with E-state index in [1.165, 1.54) is 0 Å². The zero-order valence-corrected chi connectivity index (χ0v) is 43.8. The molecule has 0 radical (unpaired) electrons. The topological polar surface area (TPSA) is 386 Å². The molecule has 9 amide bonds. The van der Waals surface area contributed by atoms with E-state index in [4.69, 9.17) is 22.9 Å². The van der Waals surface area contributed by atoms with Crippen LogP contribution in [0.15, 0.2) is 30.3 Å². The molecule has 1 aliphatic rings. The average molecular weight is 1030 g/mol. The predicted octanol–water partition coefficient (Wildman–Crippen LogP) is -2.31. The van der Waals surface area contributed by atoms with E-state index in [1.807, 2.05) is 41.5 Å². The Morgan fingerprint density at radius 2 is 1.05 bits per heavy atom. The van der Waals surface area contributed by atoms with Crippen molar-refractivity contribution in [3.05, 3.63) is 35.9 Å². The highest BCUT2D eigenvalue weighted by molar-refractivity contribution is 5.98. The van der Waals surface area contributed by atoms with Gasteiger partial charge in [-0.15, -0.1) is 0 Å². The van der Waals surface area contributed by atoms with Gasteiger partial charge in [0.25, 0.3) is 0 Å². The van der Waals surface area contributed by atoms with Gasteiger partial charge in [-0.3, -0.25) is 43.2 Å². The number of aliphatic hydroxyl groups is 1. The van der Waals surface area contributed by atoms with Crippen LogP contribution in [-0.2, 0) is 49.6 Å². The summed E-state index contributed by atoms with van der Waals surface area (Å²) >= 11 is 0. The molecule has 1 fully saturated rings. The van der Waals surface area contributed by atoms with Crippen molar-refractivity contribution in [3.8, 4) is 0 Å². The summed E-state index contributed by atoms with van der Waals surface area (Å²) in [5.41, 5.74) is 24.2. The molecule has 0 unspecified atom stereocenters. The molecule has 23 heteroatoms. The van der Waals surface area contributed by atoms with Crippen LogP contribution in [0.5, 0.6) is 0 Å². The van der Waals surface area contributed by atoms with Crippen molar-refractivity contribution in [1.29, 1.82) is 0 Å². The second-order valence-electron chi connectivity index (χ2n) is 19.8. The highest BCUT2D eigenvalue weighted by atomic mass is 16.3. The van der Waals surface area contributed by atoms with Gasteiger partial charge in [0.15, 0.2) is 0 Å². The standard InChI is InChI=1S/C50H87N13O10/c1-7-31(6)13-14-33(64)28-42(65)56-34(15-20-51)44(67)60-38-19-24-55-43(66)39(25-29(2)3)61-46(69)36(17-22-53)57-45(68)35(16-21-52)59-49(72)40(26-30(4)5)62-50(73)41(27-32-11-9-8-10-12-32)63-47(70)37(18-23-54)58-48(38)71/h8-12,29-31,33-41,64H,7,13-28,51-54H2,1-6H3,(H,55,66)(H,56,65)(H,57,68)(H,58,71)(H,59,72)(H,60,67)(H,61,69)(H,62,73)(H,63,70)/t31-,33+,34+,35-,36-,37-,38-,39-,40-,41+/m0/s1. The maximum Gasteiger partial charge on any atom is 0.243 e. The molecule has 73 heavy (non-hydrogen) atoms. The van der Waals surface area contributed by atoms with E-state index in [1.54, 1.807) is 30.3 Å². The summed E-state index contributed by atoms with van der Waals surface area (Å²) in [6, 6.07) is -1.59. The van der Waals surface area contributed by atoms with Crippen LogP contribution in [0.2, 0.25) is 0 Å². The molecule has 412 valence electrons. The summed E-state index contributed by atoms with van der Waals surface area (Å²) in [5, 5.41) is 34.7. The van der Waals surface area contributed by atoms with E-state index in [-0.39, 0.29) is 102 Å². The zero-order chi connectivity index (χ0) is 54.6. The fourth-order valence-corrected chi connectivity index (χ4v) is 8.10. The molecule has 0 aliphatic carbocycles. The Kier molecular flexibility index (Phi) is 29.4. The van der Waals surface area contributed by atoms with Gasteiger partial charge in [0.1, 0.15) is 48.3 Å². The van der Waals surface area contributed by atoms with Gasteiger partial charge in [-0.1, -0.05) is 78.3 Å². The third-order valence-electron chi connectivity index (χ3n) is 12.4. The summed E-state index contributed by atoms with van der Waals surface area (Å²) in [5.74, 6) is -6.76. The van der Waals surface area contributed by atoms with Crippen LogP contribution in [0.1, 0.15) is 118 Å². The molecule has 23 nitrogen and oxygen atoms in total. The lowest BCUT2D eigenvalue weighted by Gasteiger charge is -2.28. The van der Waals surface area contributed by atoms with Gasteiger partial charge in [0.2, 0.25) is 53.2 Å². The highest BCUT2D eigenvalue weighted by Crippen LogP contribution is 2.14. The Bertz CT molecular complexity index is 1930. The molecule has 10 atom stereocenters. The van der Waals surface area contributed by atoms with Crippen molar-refractivity contribution >= 4 is 53.2 Å².